The van der Waals surface area contributed by atoms with E-state index in [4.69, 9.17) is 5.11 Å². The van der Waals surface area contributed by atoms with Crippen LogP contribution in [0.3, 0.4) is 0 Å². The molecule has 6 nitrogen and oxygen atoms in total. The van der Waals surface area contributed by atoms with Crippen LogP contribution in [0.25, 0.3) is 0 Å². The van der Waals surface area contributed by atoms with Gasteiger partial charge in [-0.25, -0.2) is 0 Å². The van der Waals surface area contributed by atoms with E-state index in [1.807, 2.05) is 6.92 Å². The number of unbranched alkanes of at least 4 members (excludes halogenated alkanes) is 1. The zero-order chi connectivity index (χ0) is 14.3. The number of rotatable bonds is 12. The summed E-state index contributed by atoms with van der Waals surface area (Å²) in [6.07, 6.45) is 3.37. The van der Waals surface area contributed by atoms with Crippen LogP contribution in [0.15, 0.2) is 0 Å². The van der Waals surface area contributed by atoms with Crippen LogP contribution in [-0.4, -0.2) is 49.7 Å². The monoisotopic (exact) mass is 273 g/mol. The Morgan fingerprint density at radius 3 is 2.00 bits per heavy atom. The Morgan fingerprint density at radius 2 is 1.47 bits per heavy atom. The van der Waals surface area contributed by atoms with Crippen LogP contribution in [-0.2, 0) is 9.59 Å². The molecule has 112 valence electrons. The fourth-order valence-electron chi connectivity index (χ4n) is 1.51. The molecule has 6 heteroatoms. The van der Waals surface area contributed by atoms with Gasteiger partial charge in [0.2, 0.25) is 11.8 Å². The SMILES string of the molecule is CCCNC(=O)CCCCC(=O)NCCNCCO. The van der Waals surface area contributed by atoms with E-state index in [2.05, 4.69) is 16.0 Å². The molecule has 0 atom stereocenters. The van der Waals surface area contributed by atoms with Crippen molar-refractivity contribution in [1.82, 2.24) is 16.0 Å². The Hall–Kier alpha value is -1.14. The van der Waals surface area contributed by atoms with Gasteiger partial charge in [-0.15, -0.1) is 0 Å². The molecule has 0 aromatic heterocycles. The van der Waals surface area contributed by atoms with Crippen LogP contribution in [0.1, 0.15) is 39.0 Å². The Kier molecular flexibility index (Phi) is 12.5. The lowest BCUT2D eigenvalue weighted by Gasteiger charge is -2.06. The van der Waals surface area contributed by atoms with E-state index < -0.39 is 0 Å². The van der Waals surface area contributed by atoms with E-state index in [0.29, 0.717) is 32.5 Å². The molecule has 0 aliphatic carbocycles. The van der Waals surface area contributed by atoms with Crippen molar-refractivity contribution < 1.29 is 14.7 Å². The first kappa shape index (κ1) is 17.9. The molecule has 0 aromatic rings. The van der Waals surface area contributed by atoms with Gasteiger partial charge in [0.05, 0.1) is 6.61 Å². The molecule has 0 radical (unpaired) electrons. The first-order valence-corrected chi connectivity index (χ1v) is 7.05. The summed E-state index contributed by atoms with van der Waals surface area (Å²) in [5, 5.41) is 17.1. The zero-order valence-electron chi connectivity index (χ0n) is 11.8. The summed E-state index contributed by atoms with van der Waals surface area (Å²) in [6.45, 7) is 4.61. The van der Waals surface area contributed by atoms with Crippen molar-refractivity contribution in [2.45, 2.75) is 39.0 Å². The van der Waals surface area contributed by atoms with Crippen molar-refractivity contribution in [3.8, 4) is 0 Å². The highest BCUT2D eigenvalue weighted by Gasteiger charge is 2.03. The molecule has 0 rings (SSSR count). The minimum Gasteiger partial charge on any atom is -0.395 e. The number of aliphatic hydroxyl groups excluding tert-OH is 1. The van der Waals surface area contributed by atoms with Crippen molar-refractivity contribution in [3.05, 3.63) is 0 Å². The van der Waals surface area contributed by atoms with Crippen LogP contribution < -0.4 is 16.0 Å². The highest BCUT2D eigenvalue weighted by Crippen LogP contribution is 1.99. The maximum atomic E-state index is 11.4. The van der Waals surface area contributed by atoms with Crippen molar-refractivity contribution >= 4 is 11.8 Å². The van der Waals surface area contributed by atoms with Crippen molar-refractivity contribution in [2.75, 3.05) is 32.8 Å². The molecular weight excluding hydrogens is 246 g/mol. The Labute approximate surface area is 115 Å². The van der Waals surface area contributed by atoms with Gasteiger partial charge < -0.3 is 21.1 Å². The van der Waals surface area contributed by atoms with Crippen LogP contribution in [0.2, 0.25) is 0 Å². The molecule has 0 saturated carbocycles. The van der Waals surface area contributed by atoms with Gasteiger partial charge in [0.15, 0.2) is 0 Å². The fraction of sp³-hybridized carbons (Fsp3) is 0.846. The zero-order valence-corrected chi connectivity index (χ0v) is 11.8. The quantitative estimate of drug-likeness (QED) is 0.370. The lowest BCUT2D eigenvalue weighted by molar-refractivity contribution is -0.123. The van der Waals surface area contributed by atoms with Gasteiger partial charge in [0, 0.05) is 39.0 Å². The second-order valence-corrected chi connectivity index (χ2v) is 4.38. The van der Waals surface area contributed by atoms with E-state index in [1.54, 1.807) is 0 Å². The van der Waals surface area contributed by atoms with Crippen molar-refractivity contribution in [3.63, 3.8) is 0 Å². The molecule has 4 N–H and O–H groups in total. The number of hydrogen-bond donors (Lipinski definition) is 4. The molecule has 0 bridgehead atoms. The van der Waals surface area contributed by atoms with Crippen LogP contribution in [0.5, 0.6) is 0 Å². The third-order valence-corrected chi connectivity index (χ3v) is 2.54. The molecule has 0 aliphatic heterocycles. The first-order valence-electron chi connectivity index (χ1n) is 7.05. The predicted molar refractivity (Wildman–Crippen MR) is 74.7 cm³/mol. The summed E-state index contributed by atoms with van der Waals surface area (Å²) >= 11 is 0. The second-order valence-electron chi connectivity index (χ2n) is 4.38. The van der Waals surface area contributed by atoms with Gasteiger partial charge in [-0.05, 0) is 19.3 Å². The van der Waals surface area contributed by atoms with Gasteiger partial charge in [-0.2, -0.15) is 0 Å². The third-order valence-electron chi connectivity index (χ3n) is 2.54. The summed E-state index contributed by atoms with van der Waals surface area (Å²) < 4.78 is 0. The Morgan fingerprint density at radius 1 is 0.895 bits per heavy atom. The van der Waals surface area contributed by atoms with E-state index >= 15 is 0 Å². The highest BCUT2D eigenvalue weighted by molar-refractivity contribution is 5.77. The number of amides is 2. The van der Waals surface area contributed by atoms with Crippen molar-refractivity contribution in [1.29, 1.82) is 0 Å². The van der Waals surface area contributed by atoms with Gasteiger partial charge in [-0.1, -0.05) is 6.92 Å². The maximum absolute atomic E-state index is 11.4. The van der Waals surface area contributed by atoms with Crippen LogP contribution in [0.4, 0.5) is 0 Å². The lowest BCUT2D eigenvalue weighted by Crippen LogP contribution is -2.32. The molecule has 0 saturated heterocycles. The molecule has 0 heterocycles. The standard InChI is InChI=1S/C13H27N3O3/c1-2-7-15-12(18)5-3-4-6-13(19)16-9-8-14-10-11-17/h14,17H,2-11H2,1H3,(H,15,18)(H,16,19). The number of aliphatic hydroxyl groups is 1. The van der Waals surface area contributed by atoms with E-state index in [1.165, 1.54) is 0 Å². The van der Waals surface area contributed by atoms with E-state index in [-0.39, 0.29) is 18.4 Å². The summed E-state index contributed by atoms with van der Waals surface area (Å²) in [4.78, 5) is 22.7. The highest BCUT2D eigenvalue weighted by atomic mass is 16.3. The predicted octanol–water partition coefficient (Wildman–Crippen LogP) is -0.229. The smallest absolute Gasteiger partial charge is 0.220 e. The molecule has 19 heavy (non-hydrogen) atoms. The average molecular weight is 273 g/mol. The van der Waals surface area contributed by atoms with Gasteiger partial charge >= 0.3 is 0 Å². The molecule has 0 spiro atoms. The number of carbonyl (C=O) groups is 2. The molecule has 0 fully saturated rings. The third kappa shape index (κ3) is 13.1. The average Bonchev–Trinajstić information content (AvgIpc) is 2.41. The number of nitrogens with one attached hydrogen (secondary N) is 3. The first-order chi connectivity index (χ1) is 9.20. The molecule has 2 amide bonds. The van der Waals surface area contributed by atoms with Crippen LogP contribution in [0, 0.1) is 0 Å². The summed E-state index contributed by atoms with van der Waals surface area (Å²) in [5.41, 5.74) is 0. The van der Waals surface area contributed by atoms with Gasteiger partial charge in [0.1, 0.15) is 0 Å². The van der Waals surface area contributed by atoms with Gasteiger partial charge in [0.25, 0.3) is 0 Å². The molecule has 0 aliphatic rings. The number of hydrogen-bond acceptors (Lipinski definition) is 4. The second kappa shape index (κ2) is 13.3. The maximum Gasteiger partial charge on any atom is 0.220 e. The summed E-state index contributed by atoms with van der Waals surface area (Å²) in [6, 6.07) is 0. The Bertz CT molecular complexity index is 247. The molecule has 0 aromatic carbocycles. The Balaban J connectivity index is 3.31. The lowest BCUT2D eigenvalue weighted by atomic mass is 10.2. The normalized spacial score (nSPS) is 10.2. The number of carbonyl (C=O) groups excluding carboxylic acids is 2. The molecular formula is C13H27N3O3. The van der Waals surface area contributed by atoms with E-state index in [9.17, 15) is 9.59 Å². The van der Waals surface area contributed by atoms with Gasteiger partial charge in [-0.3, -0.25) is 9.59 Å². The van der Waals surface area contributed by atoms with E-state index in [0.717, 1.165) is 25.8 Å². The minimum atomic E-state index is 0.0137. The minimum absolute atomic E-state index is 0.0137. The topological polar surface area (TPSA) is 90.5 Å². The largest absolute Gasteiger partial charge is 0.395 e. The fourth-order valence-corrected chi connectivity index (χ4v) is 1.51. The van der Waals surface area contributed by atoms with Crippen molar-refractivity contribution in [2.24, 2.45) is 0 Å². The summed E-state index contributed by atoms with van der Waals surface area (Å²) in [7, 11) is 0. The summed E-state index contributed by atoms with van der Waals surface area (Å²) in [5.74, 6) is 0.0789. The van der Waals surface area contributed by atoms with Crippen LogP contribution >= 0.6 is 0 Å². The molecule has 0 unspecified atom stereocenters.